The summed E-state index contributed by atoms with van der Waals surface area (Å²) in [6.45, 7) is 6.71. The molecule has 3 nitrogen and oxygen atoms in total. The molecule has 4 heteroatoms. The van der Waals surface area contributed by atoms with Gasteiger partial charge in [0.05, 0.1) is 0 Å². The number of hydrogen-bond acceptors (Lipinski definition) is 3. The predicted molar refractivity (Wildman–Crippen MR) is 83.9 cm³/mol. The van der Waals surface area contributed by atoms with Gasteiger partial charge in [0, 0.05) is 36.9 Å². The van der Waals surface area contributed by atoms with Gasteiger partial charge >= 0.3 is 0 Å². The molecule has 1 unspecified atom stereocenters. The highest BCUT2D eigenvalue weighted by Crippen LogP contribution is 2.28. The minimum Gasteiger partial charge on any atom is -0.389 e. The van der Waals surface area contributed by atoms with Gasteiger partial charge in [0.15, 0.2) is 0 Å². The van der Waals surface area contributed by atoms with E-state index in [9.17, 15) is 0 Å². The molecule has 2 aliphatic heterocycles. The third-order valence-corrected chi connectivity index (χ3v) is 4.57. The first-order valence-corrected chi connectivity index (χ1v) is 7.45. The number of hydrogen-bond donors (Lipinski definition) is 1. The molecular weight excluding hydrogens is 254 g/mol. The van der Waals surface area contributed by atoms with Crippen molar-refractivity contribution in [1.29, 1.82) is 0 Å². The average Bonchev–Trinajstić information content (AvgIpc) is 2.85. The van der Waals surface area contributed by atoms with Gasteiger partial charge in [0.25, 0.3) is 0 Å². The van der Waals surface area contributed by atoms with E-state index in [2.05, 4.69) is 34.9 Å². The van der Waals surface area contributed by atoms with Gasteiger partial charge in [0.1, 0.15) is 4.99 Å². The Morgan fingerprint density at radius 1 is 1.32 bits per heavy atom. The smallest absolute Gasteiger partial charge is 0.106 e. The van der Waals surface area contributed by atoms with Crippen molar-refractivity contribution in [2.24, 2.45) is 5.73 Å². The standard InChI is InChI=1S/C15H21N3S/c1-11-4-5-14(13(9-11)15(16)19)18-8-7-17-6-2-3-12(17)10-18/h4-5,9,12H,2-3,6-8,10H2,1H3,(H2,16,19). The lowest BCUT2D eigenvalue weighted by atomic mass is 10.1. The molecule has 102 valence electrons. The van der Waals surface area contributed by atoms with Gasteiger partial charge in [-0.3, -0.25) is 4.90 Å². The molecule has 0 radical (unpaired) electrons. The van der Waals surface area contributed by atoms with Crippen LogP contribution in [0, 0.1) is 6.92 Å². The second-order valence-corrected chi connectivity index (χ2v) is 6.10. The van der Waals surface area contributed by atoms with E-state index in [1.807, 2.05) is 0 Å². The number of aryl methyl sites for hydroxylation is 1. The molecule has 0 saturated carbocycles. The van der Waals surface area contributed by atoms with E-state index in [1.165, 1.54) is 30.6 Å². The van der Waals surface area contributed by atoms with E-state index in [4.69, 9.17) is 18.0 Å². The third kappa shape index (κ3) is 2.47. The van der Waals surface area contributed by atoms with Crippen molar-refractivity contribution in [3.8, 4) is 0 Å². The molecule has 2 heterocycles. The van der Waals surface area contributed by atoms with Gasteiger partial charge < -0.3 is 10.6 Å². The molecule has 2 fully saturated rings. The van der Waals surface area contributed by atoms with E-state index in [-0.39, 0.29) is 0 Å². The molecule has 2 saturated heterocycles. The van der Waals surface area contributed by atoms with Crippen LogP contribution in [0.15, 0.2) is 18.2 Å². The van der Waals surface area contributed by atoms with Crippen LogP contribution in [0.25, 0.3) is 0 Å². The van der Waals surface area contributed by atoms with Crippen LogP contribution in [-0.4, -0.2) is 42.1 Å². The average molecular weight is 275 g/mol. The van der Waals surface area contributed by atoms with Crippen molar-refractivity contribution < 1.29 is 0 Å². The number of rotatable bonds is 2. The lowest BCUT2D eigenvalue weighted by molar-refractivity contribution is 0.231. The fourth-order valence-corrected chi connectivity index (χ4v) is 3.50. The summed E-state index contributed by atoms with van der Waals surface area (Å²) >= 11 is 5.21. The van der Waals surface area contributed by atoms with Crippen LogP contribution >= 0.6 is 12.2 Å². The van der Waals surface area contributed by atoms with Gasteiger partial charge in [0.2, 0.25) is 0 Å². The maximum atomic E-state index is 5.89. The fraction of sp³-hybridized carbons (Fsp3) is 0.533. The number of thiocarbonyl (C=S) groups is 1. The van der Waals surface area contributed by atoms with Crippen LogP contribution in [0.1, 0.15) is 24.0 Å². The zero-order valence-corrected chi connectivity index (χ0v) is 12.2. The summed E-state index contributed by atoms with van der Waals surface area (Å²) in [4.78, 5) is 5.58. The molecule has 3 rings (SSSR count). The first-order chi connectivity index (χ1) is 9.15. The summed E-state index contributed by atoms with van der Waals surface area (Å²) in [6, 6.07) is 7.15. The molecule has 1 aromatic carbocycles. The van der Waals surface area contributed by atoms with Gasteiger partial charge in [-0.05, 0) is 38.4 Å². The Bertz CT molecular complexity index is 500. The molecule has 0 aliphatic carbocycles. The largest absolute Gasteiger partial charge is 0.389 e. The Morgan fingerprint density at radius 3 is 2.95 bits per heavy atom. The monoisotopic (exact) mass is 275 g/mol. The highest BCUT2D eigenvalue weighted by atomic mass is 32.1. The zero-order valence-electron chi connectivity index (χ0n) is 11.4. The van der Waals surface area contributed by atoms with Crippen LogP contribution < -0.4 is 10.6 Å². The number of piperazine rings is 1. The third-order valence-electron chi connectivity index (χ3n) is 4.35. The zero-order chi connectivity index (χ0) is 13.4. The highest BCUT2D eigenvalue weighted by Gasteiger charge is 2.31. The Kier molecular flexibility index (Phi) is 3.46. The Balaban J connectivity index is 1.87. The summed E-state index contributed by atoms with van der Waals surface area (Å²) in [7, 11) is 0. The van der Waals surface area contributed by atoms with E-state index < -0.39 is 0 Å². The maximum absolute atomic E-state index is 5.89. The van der Waals surface area contributed by atoms with Gasteiger partial charge in [-0.15, -0.1) is 0 Å². The first-order valence-electron chi connectivity index (χ1n) is 7.04. The van der Waals surface area contributed by atoms with Crippen LogP contribution in [0.4, 0.5) is 5.69 Å². The van der Waals surface area contributed by atoms with E-state index in [1.54, 1.807) is 0 Å². The molecule has 0 aromatic heterocycles. The molecule has 19 heavy (non-hydrogen) atoms. The SMILES string of the molecule is Cc1ccc(N2CCN3CCCC3C2)c(C(N)=S)c1. The second kappa shape index (κ2) is 5.10. The second-order valence-electron chi connectivity index (χ2n) is 5.66. The van der Waals surface area contributed by atoms with Crippen molar-refractivity contribution in [2.45, 2.75) is 25.8 Å². The van der Waals surface area contributed by atoms with Crippen molar-refractivity contribution in [3.63, 3.8) is 0 Å². The molecule has 0 amide bonds. The van der Waals surface area contributed by atoms with Crippen LogP contribution in [-0.2, 0) is 0 Å². The van der Waals surface area contributed by atoms with Crippen LogP contribution in [0.2, 0.25) is 0 Å². The van der Waals surface area contributed by atoms with Gasteiger partial charge in [-0.25, -0.2) is 0 Å². The lowest BCUT2D eigenvalue weighted by Gasteiger charge is -2.39. The molecule has 1 aromatic rings. The molecule has 2 N–H and O–H groups in total. The molecule has 1 atom stereocenters. The first kappa shape index (κ1) is 12.9. The van der Waals surface area contributed by atoms with Gasteiger partial charge in [-0.1, -0.05) is 23.8 Å². The van der Waals surface area contributed by atoms with Crippen molar-refractivity contribution in [1.82, 2.24) is 4.90 Å². The normalized spacial score (nSPS) is 23.4. The Hall–Kier alpha value is -1.13. The molecule has 0 spiro atoms. The quantitative estimate of drug-likeness (QED) is 0.836. The minimum atomic E-state index is 0.507. The summed E-state index contributed by atoms with van der Waals surface area (Å²) in [5.41, 5.74) is 9.35. The van der Waals surface area contributed by atoms with Crippen molar-refractivity contribution in [2.75, 3.05) is 31.1 Å². The lowest BCUT2D eigenvalue weighted by Crippen LogP contribution is -2.50. The number of nitrogens with zero attached hydrogens (tertiary/aromatic N) is 2. The predicted octanol–water partition coefficient (Wildman–Crippen LogP) is 1.91. The number of benzene rings is 1. The molecular formula is C15H21N3S. The summed E-state index contributed by atoms with van der Waals surface area (Å²) < 4.78 is 0. The van der Waals surface area contributed by atoms with Crippen LogP contribution in [0.5, 0.6) is 0 Å². The minimum absolute atomic E-state index is 0.507. The number of anilines is 1. The van der Waals surface area contributed by atoms with E-state index >= 15 is 0 Å². The fourth-order valence-electron chi connectivity index (χ4n) is 3.33. The summed E-state index contributed by atoms with van der Waals surface area (Å²) in [5.74, 6) is 0. The van der Waals surface area contributed by atoms with Crippen LogP contribution in [0.3, 0.4) is 0 Å². The van der Waals surface area contributed by atoms with E-state index in [0.29, 0.717) is 11.0 Å². The molecule has 0 bridgehead atoms. The Morgan fingerprint density at radius 2 is 2.16 bits per heavy atom. The molecule has 2 aliphatic rings. The summed E-state index contributed by atoms with van der Waals surface area (Å²) in [5, 5.41) is 0. The highest BCUT2D eigenvalue weighted by molar-refractivity contribution is 7.80. The van der Waals surface area contributed by atoms with Gasteiger partial charge in [-0.2, -0.15) is 0 Å². The maximum Gasteiger partial charge on any atom is 0.106 e. The van der Waals surface area contributed by atoms with Crippen molar-refractivity contribution in [3.05, 3.63) is 29.3 Å². The topological polar surface area (TPSA) is 32.5 Å². The van der Waals surface area contributed by atoms with E-state index in [0.717, 1.165) is 25.2 Å². The number of fused-ring (bicyclic) bond motifs is 1. The Labute approximate surface area is 120 Å². The van der Waals surface area contributed by atoms with Crippen molar-refractivity contribution >= 4 is 22.9 Å². The summed E-state index contributed by atoms with van der Waals surface area (Å²) in [6.07, 6.45) is 2.67. The number of nitrogens with two attached hydrogens (primary N) is 1.